The molecule has 0 heterocycles. The smallest absolute Gasteiger partial charge is 0.0942 e. The predicted octanol–water partition coefficient (Wildman–Crippen LogP) is 2.26. The molecule has 0 saturated heterocycles. The monoisotopic (exact) mass is 373 g/mol. The molecule has 0 unspecified atom stereocenters. The van der Waals surface area contributed by atoms with Gasteiger partial charge in [-0.05, 0) is 30.7 Å². The van der Waals surface area contributed by atoms with Crippen LogP contribution in [0.5, 0.6) is 0 Å². The summed E-state index contributed by atoms with van der Waals surface area (Å²) in [6, 6.07) is 16.3. The van der Waals surface area contributed by atoms with E-state index in [9.17, 15) is 15.3 Å². The molecule has 0 aliphatic heterocycles. The Balaban J connectivity index is 1.96. The number of benzene rings is 2. The van der Waals surface area contributed by atoms with Crippen LogP contribution in [0.25, 0.3) is 0 Å². The van der Waals surface area contributed by atoms with Gasteiger partial charge in [0.2, 0.25) is 0 Å². The van der Waals surface area contributed by atoms with Crippen molar-refractivity contribution in [3.05, 3.63) is 71.3 Å². The van der Waals surface area contributed by atoms with Crippen LogP contribution in [0.3, 0.4) is 0 Å². The number of aliphatic hydroxyl groups excluding tert-OH is 4. The van der Waals surface area contributed by atoms with Gasteiger partial charge in [0, 0.05) is 18.5 Å². The highest BCUT2D eigenvalue weighted by molar-refractivity contribution is 5.24. The van der Waals surface area contributed by atoms with Crippen LogP contribution in [-0.4, -0.2) is 51.1 Å². The molecule has 0 aliphatic rings. The summed E-state index contributed by atoms with van der Waals surface area (Å²) in [5.74, 6) is -0.381. The predicted molar refractivity (Wildman–Crippen MR) is 106 cm³/mol. The first-order chi connectivity index (χ1) is 12.8. The van der Waals surface area contributed by atoms with Gasteiger partial charge in [0.15, 0.2) is 0 Å². The van der Waals surface area contributed by atoms with Crippen LogP contribution in [-0.2, 0) is 6.61 Å². The van der Waals surface area contributed by atoms with Crippen molar-refractivity contribution in [2.24, 2.45) is 5.92 Å². The van der Waals surface area contributed by atoms with Gasteiger partial charge in [0.1, 0.15) is 0 Å². The van der Waals surface area contributed by atoms with Crippen LogP contribution in [0.1, 0.15) is 42.7 Å². The zero-order valence-electron chi connectivity index (χ0n) is 16.2. The average Bonchev–Trinajstić information content (AvgIpc) is 2.72. The van der Waals surface area contributed by atoms with E-state index >= 15 is 0 Å². The fourth-order valence-electron chi connectivity index (χ4n) is 3.13. The van der Waals surface area contributed by atoms with Crippen molar-refractivity contribution in [1.82, 2.24) is 4.90 Å². The van der Waals surface area contributed by atoms with Gasteiger partial charge in [-0.2, -0.15) is 0 Å². The Hall–Kier alpha value is -1.76. The zero-order chi connectivity index (χ0) is 20.0. The minimum atomic E-state index is -0.810. The summed E-state index contributed by atoms with van der Waals surface area (Å²) in [7, 11) is 1.86. The van der Waals surface area contributed by atoms with E-state index in [1.54, 1.807) is 31.2 Å². The first-order valence-electron chi connectivity index (χ1n) is 9.34. The molecule has 27 heavy (non-hydrogen) atoms. The Labute approximate surface area is 161 Å². The molecular weight excluding hydrogens is 342 g/mol. The summed E-state index contributed by atoms with van der Waals surface area (Å²) in [5.41, 5.74) is 2.32. The molecule has 0 aromatic heterocycles. The molecule has 0 fully saturated rings. The highest BCUT2D eigenvalue weighted by Gasteiger charge is 2.28. The zero-order valence-corrected chi connectivity index (χ0v) is 16.2. The van der Waals surface area contributed by atoms with Crippen LogP contribution >= 0.6 is 0 Å². The maximum absolute atomic E-state index is 10.6. The number of hydrogen-bond acceptors (Lipinski definition) is 5. The molecule has 5 heteroatoms. The maximum Gasteiger partial charge on any atom is 0.0942 e. The van der Waals surface area contributed by atoms with Crippen molar-refractivity contribution in [1.29, 1.82) is 0 Å². The molecule has 0 spiro atoms. The lowest BCUT2D eigenvalue weighted by molar-refractivity contribution is -0.0135. The Morgan fingerprint density at radius 1 is 0.815 bits per heavy atom. The Kier molecular flexibility index (Phi) is 7.95. The van der Waals surface area contributed by atoms with Gasteiger partial charge in [-0.15, -0.1) is 0 Å². The van der Waals surface area contributed by atoms with Gasteiger partial charge in [-0.25, -0.2) is 0 Å². The lowest BCUT2D eigenvalue weighted by Crippen LogP contribution is -2.42. The molecular formula is C22H31NO4. The van der Waals surface area contributed by atoms with E-state index in [1.165, 1.54) is 0 Å². The van der Waals surface area contributed by atoms with E-state index in [4.69, 9.17) is 5.11 Å². The highest BCUT2D eigenvalue weighted by Crippen LogP contribution is 2.26. The minimum absolute atomic E-state index is 0.0407. The molecule has 0 saturated carbocycles. The van der Waals surface area contributed by atoms with Gasteiger partial charge in [0.25, 0.3) is 0 Å². The number of aliphatic hydroxyl groups is 4. The molecule has 0 aliphatic carbocycles. The first kappa shape index (κ1) is 21.5. The molecule has 4 N–H and O–H groups in total. The van der Waals surface area contributed by atoms with E-state index in [0.717, 1.165) is 11.1 Å². The number of likely N-dealkylation sites (N-methyl/N-ethyl adjacent to an activating group) is 1. The minimum Gasteiger partial charge on any atom is -0.392 e. The van der Waals surface area contributed by atoms with E-state index < -0.39 is 18.3 Å². The SMILES string of the molecule is C[C@@H]([C@H](O)CN(C)[C@@H](C)[C@H](O)c1ccccc1)[C@@H](O)c1ccc(CO)cc1. The summed E-state index contributed by atoms with van der Waals surface area (Å²) in [4.78, 5) is 1.90. The number of rotatable bonds is 9. The average molecular weight is 373 g/mol. The Bertz CT molecular complexity index is 676. The maximum atomic E-state index is 10.6. The first-order valence-corrected chi connectivity index (χ1v) is 9.34. The summed E-state index contributed by atoms with van der Waals surface area (Å²) < 4.78 is 0. The highest BCUT2D eigenvalue weighted by atomic mass is 16.3. The normalized spacial score (nSPS) is 17.3. The summed E-state index contributed by atoms with van der Waals surface area (Å²) in [5, 5.41) is 40.8. The van der Waals surface area contributed by atoms with Crippen LogP contribution < -0.4 is 0 Å². The van der Waals surface area contributed by atoms with Gasteiger partial charge in [-0.3, -0.25) is 4.90 Å². The fraction of sp³-hybridized carbons (Fsp3) is 0.455. The van der Waals surface area contributed by atoms with Crippen molar-refractivity contribution < 1.29 is 20.4 Å². The molecule has 5 atom stereocenters. The summed E-state index contributed by atoms with van der Waals surface area (Å²) >= 11 is 0. The van der Waals surface area contributed by atoms with Gasteiger partial charge < -0.3 is 20.4 Å². The van der Waals surface area contributed by atoms with Crippen molar-refractivity contribution in [3.63, 3.8) is 0 Å². The van der Waals surface area contributed by atoms with Gasteiger partial charge in [0.05, 0.1) is 24.9 Å². The van der Waals surface area contributed by atoms with E-state index in [2.05, 4.69) is 0 Å². The quantitative estimate of drug-likeness (QED) is 0.542. The molecule has 5 nitrogen and oxygen atoms in total. The fourth-order valence-corrected chi connectivity index (χ4v) is 3.13. The third-order valence-electron chi connectivity index (χ3n) is 5.38. The van der Waals surface area contributed by atoms with Crippen LogP contribution in [0.4, 0.5) is 0 Å². The summed E-state index contributed by atoms with van der Waals surface area (Å²) in [6.45, 7) is 4.01. The second-order valence-corrected chi connectivity index (χ2v) is 7.31. The number of nitrogens with zero attached hydrogens (tertiary/aromatic N) is 1. The molecule has 0 radical (unpaired) electrons. The Morgan fingerprint density at radius 2 is 1.37 bits per heavy atom. The topological polar surface area (TPSA) is 84.2 Å². The standard InChI is InChI=1S/C22H31NO4/c1-15(21(26)19-11-9-17(14-24)10-12-19)20(25)13-23(3)16(2)22(27)18-7-5-4-6-8-18/h4-12,15-16,20-22,24-27H,13-14H2,1-3H3/t15-,16-,20+,21+,22-/m0/s1. The second-order valence-electron chi connectivity index (χ2n) is 7.31. The third-order valence-corrected chi connectivity index (χ3v) is 5.38. The molecule has 0 bridgehead atoms. The third kappa shape index (κ3) is 5.61. The van der Waals surface area contributed by atoms with E-state index in [0.29, 0.717) is 12.1 Å². The molecule has 148 valence electrons. The van der Waals surface area contributed by atoms with Crippen LogP contribution in [0.2, 0.25) is 0 Å². The summed E-state index contributed by atoms with van der Waals surface area (Å²) in [6.07, 6.45) is -2.22. The van der Waals surface area contributed by atoms with E-state index in [-0.39, 0.29) is 18.6 Å². The lowest BCUT2D eigenvalue weighted by Gasteiger charge is -2.33. The van der Waals surface area contributed by atoms with Crippen LogP contribution in [0, 0.1) is 5.92 Å². The van der Waals surface area contributed by atoms with Gasteiger partial charge >= 0.3 is 0 Å². The van der Waals surface area contributed by atoms with Crippen molar-refractivity contribution in [3.8, 4) is 0 Å². The number of hydrogen-bond donors (Lipinski definition) is 4. The van der Waals surface area contributed by atoms with Crippen molar-refractivity contribution in [2.75, 3.05) is 13.6 Å². The largest absolute Gasteiger partial charge is 0.392 e. The van der Waals surface area contributed by atoms with Gasteiger partial charge in [-0.1, -0.05) is 61.5 Å². The molecule has 2 aromatic carbocycles. The van der Waals surface area contributed by atoms with Crippen molar-refractivity contribution >= 4 is 0 Å². The van der Waals surface area contributed by atoms with Crippen LogP contribution in [0.15, 0.2) is 54.6 Å². The molecule has 0 amide bonds. The van der Waals surface area contributed by atoms with E-state index in [1.807, 2.05) is 49.2 Å². The molecule has 2 aromatic rings. The Morgan fingerprint density at radius 3 is 1.93 bits per heavy atom. The van der Waals surface area contributed by atoms with Crippen molar-refractivity contribution in [2.45, 2.75) is 44.8 Å². The second kappa shape index (κ2) is 9.97. The molecule has 2 rings (SSSR count). The lowest BCUT2D eigenvalue weighted by atomic mass is 9.91.